The van der Waals surface area contributed by atoms with E-state index >= 15 is 0 Å². The molecule has 13 heavy (non-hydrogen) atoms. The summed E-state index contributed by atoms with van der Waals surface area (Å²) in [6.45, 7) is 2.54. The zero-order valence-corrected chi connectivity index (χ0v) is 8.12. The number of aliphatic hydroxyl groups is 1. The first-order valence-corrected chi connectivity index (χ1v) is 4.24. The topological polar surface area (TPSA) is 84.6 Å². The van der Waals surface area contributed by atoms with Crippen LogP contribution in [0.25, 0.3) is 0 Å². The van der Waals surface area contributed by atoms with Gasteiger partial charge in [0.1, 0.15) is 6.04 Å². The number of nitrogens with two attached hydrogens (primary N) is 1. The molecule has 4 N–H and O–H groups in total. The van der Waals surface area contributed by atoms with Gasteiger partial charge >= 0.3 is 0 Å². The third-order valence-electron chi connectivity index (χ3n) is 1.62. The Morgan fingerprint density at radius 3 is 2.77 bits per heavy atom. The van der Waals surface area contributed by atoms with Crippen LogP contribution in [0.15, 0.2) is 0 Å². The van der Waals surface area contributed by atoms with Crippen LogP contribution >= 0.6 is 0 Å². The van der Waals surface area contributed by atoms with Crippen LogP contribution in [0.4, 0.5) is 0 Å². The number of methoxy groups -OCH3 is 1. The smallest absolute Gasteiger partial charge is 0.239 e. The maximum Gasteiger partial charge on any atom is 0.239 e. The van der Waals surface area contributed by atoms with Gasteiger partial charge in [0.15, 0.2) is 0 Å². The van der Waals surface area contributed by atoms with Crippen molar-refractivity contribution in [3.63, 3.8) is 0 Å². The van der Waals surface area contributed by atoms with Crippen LogP contribution in [-0.4, -0.2) is 43.9 Å². The van der Waals surface area contributed by atoms with Crippen LogP contribution in [0.1, 0.15) is 6.92 Å². The van der Waals surface area contributed by atoms with Gasteiger partial charge in [0, 0.05) is 20.3 Å². The molecule has 0 spiro atoms. The Kier molecular flexibility index (Phi) is 6.48. The number of rotatable bonds is 6. The standard InChI is InChI=1S/C8H18N2O3/c1-6(4-11)3-10-8(12)7(9)5-13-2/h6-7,11H,3-5,9H2,1-2H3,(H,10,12). The van der Waals surface area contributed by atoms with E-state index in [-0.39, 0.29) is 25.0 Å². The zero-order valence-electron chi connectivity index (χ0n) is 8.12. The first kappa shape index (κ1) is 12.3. The Morgan fingerprint density at radius 2 is 2.31 bits per heavy atom. The molecule has 2 unspecified atom stereocenters. The minimum Gasteiger partial charge on any atom is -0.396 e. The van der Waals surface area contributed by atoms with Crippen molar-refractivity contribution in [2.24, 2.45) is 11.7 Å². The SMILES string of the molecule is COCC(N)C(=O)NCC(C)CO. The fourth-order valence-corrected chi connectivity index (χ4v) is 0.726. The van der Waals surface area contributed by atoms with E-state index in [0.29, 0.717) is 6.54 Å². The lowest BCUT2D eigenvalue weighted by Gasteiger charge is -2.13. The van der Waals surface area contributed by atoms with E-state index in [1.807, 2.05) is 6.92 Å². The molecule has 0 aromatic heterocycles. The summed E-state index contributed by atoms with van der Waals surface area (Å²) in [4.78, 5) is 11.2. The molecule has 0 aliphatic carbocycles. The molecule has 0 radical (unpaired) electrons. The molecular formula is C8H18N2O3. The first-order valence-electron chi connectivity index (χ1n) is 4.24. The molecule has 2 atom stereocenters. The maximum atomic E-state index is 11.2. The van der Waals surface area contributed by atoms with Gasteiger partial charge in [-0.05, 0) is 5.92 Å². The number of carbonyl (C=O) groups is 1. The molecule has 0 fully saturated rings. The monoisotopic (exact) mass is 190 g/mol. The van der Waals surface area contributed by atoms with E-state index in [1.54, 1.807) is 0 Å². The van der Waals surface area contributed by atoms with E-state index in [2.05, 4.69) is 5.32 Å². The third kappa shape index (κ3) is 5.57. The molecule has 0 saturated carbocycles. The Labute approximate surface area is 78.3 Å². The van der Waals surface area contributed by atoms with Gasteiger partial charge in [0.05, 0.1) is 6.61 Å². The van der Waals surface area contributed by atoms with E-state index in [4.69, 9.17) is 15.6 Å². The van der Waals surface area contributed by atoms with Gasteiger partial charge in [0.2, 0.25) is 5.91 Å². The number of ether oxygens (including phenoxy) is 1. The van der Waals surface area contributed by atoms with E-state index in [1.165, 1.54) is 7.11 Å². The minimum absolute atomic E-state index is 0.0543. The van der Waals surface area contributed by atoms with Crippen molar-refractivity contribution in [2.45, 2.75) is 13.0 Å². The van der Waals surface area contributed by atoms with Gasteiger partial charge in [-0.15, -0.1) is 0 Å². The fraction of sp³-hybridized carbons (Fsp3) is 0.875. The number of nitrogens with one attached hydrogen (secondary N) is 1. The second-order valence-corrected chi connectivity index (χ2v) is 3.09. The largest absolute Gasteiger partial charge is 0.396 e. The molecular weight excluding hydrogens is 172 g/mol. The Morgan fingerprint density at radius 1 is 1.69 bits per heavy atom. The Hall–Kier alpha value is -0.650. The molecule has 5 nitrogen and oxygen atoms in total. The van der Waals surface area contributed by atoms with Crippen molar-refractivity contribution in [1.29, 1.82) is 0 Å². The molecule has 0 aromatic rings. The number of aliphatic hydroxyl groups excluding tert-OH is 1. The summed E-state index contributed by atoms with van der Waals surface area (Å²) in [6.07, 6.45) is 0. The van der Waals surface area contributed by atoms with Crippen molar-refractivity contribution in [3.8, 4) is 0 Å². The lowest BCUT2D eigenvalue weighted by molar-refractivity contribution is -0.123. The van der Waals surface area contributed by atoms with E-state index in [0.717, 1.165) is 0 Å². The Bertz CT molecular complexity index is 152. The molecule has 0 heterocycles. The predicted octanol–water partition coefficient (Wildman–Crippen LogP) is -1.30. The second-order valence-electron chi connectivity index (χ2n) is 3.09. The molecule has 0 aliphatic heterocycles. The Balaban J connectivity index is 3.61. The van der Waals surface area contributed by atoms with E-state index in [9.17, 15) is 4.79 Å². The van der Waals surface area contributed by atoms with Crippen molar-refractivity contribution >= 4 is 5.91 Å². The molecule has 0 aliphatic rings. The number of carbonyl (C=O) groups excluding carboxylic acids is 1. The van der Waals surface area contributed by atoms with Crippen molar-refractivity contribution in [3.05, 3.63) is 0 Å². The van der Waals surface area contributed by atoms with Gasteiger partial charge in [-0.1, -0.05) is 6.92 Å². The van der Waals surface area contributed by atoms with Crippen molar-refractivity contribution in [1.82, 2.24) is 5.32 Å². The van der Waals surface area contributed by atoms with Crippen LogP contribution < -0.4 is 11.1 Å². The van der Waals surface area contributed by atoms with Gasteiger partial charge in [0.25, 0.3) is 0 Å². The van der Waals surface area contributed by atoms with E-state index < -0.39 is 6.04 Å². The highest BCUT2D eigenvalue weighted by Crippen LogP contribution is 1.89. The van der Waals surface area contributed by atoms with Gasteiger partial charge in [-0.3, -0.25) is 4.79 Å². The summed E-state index contributed by atoms with van der Waals surface area (Å²) in [5, 5.41) is 11.3. The predicted molar refractivity (Wildman–Crippen MR) is 49.1 cm³/mol. The van der Waals surface area contributed by atoms with Crippen LogP contribution in [-0.2, 0) is 9.53 Å². The number of amides is 1. The summed E-state index contributed by atoms with van der Waals surface area (Å²) in [7, 11) is 1.49. The molecule has 0 saturated heterocycles. The average molecular weight is 190 g/mol. The van der Waals surface area contributed by atoms with Crippen LogP contribution in [0.2, 0.25) is 0 Å². The summed E-state index contributed by atoms with van der Waals surface area (Å²) in [6, 6.07) is -0.629. The highest BCUT2D eigenvalue weighted by molar-refractivity contribution is 5.81. The maximum absolute atomic E-state index is 11.2. The third-order valence-corrected chi connectivity index (χ3v) is 1.62. The molecule has 0 rings (SSSR count). The van der Waals surface area contributed by atoms with Gasteiger partial charge in [-0.2, -0.15) is 0 Å². The molecule has 1 amide bonds. The molecule has 0 aromatic carbocycles. The van der Waals surface area contributed by atoms with Crippen LogP contribution in [0, 0.1) is 5.92 Å². The first-order chi connectivity index (χ1) is 6.11. The fourth-order valence-electron chi connectivity index (χ4n) is 0.726. The van der Waals surface area contributed by atoms with Crippen molar-refractivity contribution in [2.75, 3.05) is 26.9 Å². The molecule has 5 heteroatoms. The molecule has 78 valence electrons. The lowest BCUT2D eigenvalue weighted by atomic mass is 10.2. The van der Waals surface area contributed by atoms with Crippen LogP contribution in [0.3, 0.4) is 0 Å². The normalized spacial score (nSPS) is 15.1. The summed E-state index contributed by atoms with van der Waals surface area (Å²) < 4.78 is 4.72. The minimum atomic E-state index is -0.629. The number of hydrogen-bond donors (Lipinski definition) is 3. The van der Waals surface area contributed by atoms with Crippen LogP contribution in [0.5, 0.6) is 0 Å². The zero-order chi connectivity index (χ0) is 10.3. The average Bonchev–Trinajstić information content (AvgIpc) is 2.13. The highest BCUT2D eigenvalue weighted by Gasteiger charge is 2.12. The number of hydrogen-bond acceptors (Lipinski definition) is 4. The van der Waals surface area contributed by atoms with Gasteiger partial charge < -0.3 is 20.9 Å². The lowest BCUT2D eigenvalue weighted by Crippen LogP contribution is -2.44. The quantitative estimate of drug-likeness (QED) is 0.486. The summed E-state index contributed by atoms with van der Waals surface area (Å²) >= 11 is 0. The van der Waals surface area contributed by atoms with Crippen molar-refractivity contribution < 1.29 is 14.6 Å². The summed E-state index contributed by atoms with van der Waals surface area (Å²) in [5.74, 6) is -0.194. The second kappa shape index (κ2) is 6.82. The van der Waals surface area contributed by atoms with Gasteiger partial charge in [-0.25, -0.2) is 0 Å². The highest BCUT2D eigenvalue weighted by atomic mass is 16.5. The summed E-state index contributed by atoms with van der Waals surface area (Å²) in [5.41, 5.74) is 5.46. The molecule has 0 bridgehead atoms.